The number of hydrogen-bond donors (Lipinski definition) is 2. The van der Waals surface area contributed by atoms with Crippen LogP contribution in [0.5, 0.6) is 0 Å². The normalized spacial score (nSPS) is 13.1. The highest BCUT2D eigenvalue weighted by Gasteiger charge is 2.31. The van der Waals surface area contributed by atoms with E-state index in [9.17, 15) is 9.59 Å². The molecule has 1 rings (SSSR count). The predicted octanol–water partition coefficient (Wildman–Crippen LogP) is 2.40. The molecule has 110 valence electrons. The quantitative estimate of drug-likeness (QED) is 0.837. The van der Waals surface area contributed by atoms with Gasteiger partial charge in [-0.3, -0.25) is 14.6 Å². The molecule has 0 aliphatic heterocycles. The molecular weight excluding hydrogens is 256 g/mol. The van der Waals surface area contributed by atoms with Crippen LogP contribution in [0.15, 0.2) is 24.5 Å². The fraction of sp³-hybridized carbons (Fsp3) is 0.533. The van der Waals surface area contributed by atoms with E-state index in [0.717, 1.165) is 5.56 Å². The van der Waals surface area contributed by atoms with E-state index in [1.165, 1.54) is 0 Å². The van der Waals surface area contributed by atoms with Crippen LogP contribution in [0.1, 0.15) is 45.7 Å². The van der Waals surface area contributed by atoms with E-state index in [4.69, 9.17) is 5.11 Å². The lowest BCUT2D eigenvalue weighted by atomic mass is 9.88. The van der Waals surface area contributed by atoms with Crippen molar-refractivity contribution in [3.05, 3.63) is 30.1 Å². The number of nitrogens with one attached hydrogen (secondary N) is 1. The summed E-state index contributed by atoms with van der Waals surface area (Å²) in [5, 5.41) is 12.0. The van der Waals surface area contributed by atoms with Crippen LogP contribution in [0, 0.1) is 11.3 Å². The molecule has 0 saturated heterocycles. The Hall–Kier alpha value is -1.91. The highest BCUT2D eigenvalue weighted by Crippen LogP contribution is 2.24. The first-order chi connectivity index (χ1) is 9.24. The molecule has 0 radical (unpaired) electrons. The van der Waals surface area contributed by atoms with Crippen molar-refractivity contribution in [2.24, 2.45) is 11.3 Å². The molecule has 0 aromatic carbocycles. The Kier molecular flexibility index (Phi) is 5.25. The van der Waals surface area contributed by atoms with Gasteiger partial charge in [0.15, 0.2) is 0 Å². The Morgan fingerprint density at radius 1 is 1.30 bits per heavy atom. The van der Waals surface area contributed by atoms with Crippen molar-refractivity contribution in [1.82, 2.24) is 10.3 Å². The third-order valence-electron chi connectivity index (χ3n) is 3.23. The molecule has 0 aliphatic rings. The summed E-state index contributed by atoms with van der Waals surface area (Å²) in [6, 6.07) is 3.57. The van der Waals surface area contributed by atoms with Gasteiger partial charge < -0.3 is 10.4 Å². The van der Waals surface area contributed by atoms with Gasteiger partial charge in [-0.15, -0.1) is 0 Å². The summed E-state index contributed by atoms with van der Waals surface area (Å²) in [7, 11) is 0. The van der Waals surface area contributed by atoms with Crippen molar-refractivity contribution in [1.29, 1.82) is 0 Å². The number of amides is 1. The fourth-order valence-electron chi connectivity index (χ4n) is 1.91. The first kappa shape index (κ1) is 16.1. The minimum atomic E-state index is -1.07. The Labute approximate surface area is 119 Å². The van der Waals surface area contributed by atoms with Gasteiger partial charge in [0.05, 0.1) is 11.5 Å². The highest BCUT2D eigenvalue weighted by molar-refractivity contribution is 5.84. The Bertz CT molecular complexity index is 469. The van der Waals surface area contributed by atoms with E-state index >= 15 is 0 Å². The number of rotatable bonds is 6. The molecule has 1 aromatic rings. The van der Waals surface area contributed by atoms with Crippen LogP contribution < -0.4 is 5.32 Å². The molecule has 1 heterocycles. The largest absolute Gasteiger partial charge is 0.481 e. The number of hydrogen-bond acceptors (Lipinski definition) is 3. The average molecular weight is 278 g/mol. The second-order valence-electron chi connectivity index (χ2n) is 5.94. The zero-order valence-corrected chi connectivity index (χ0v) is 12.4. The topological polar surface area (TPSA) is 79.3 Å². The Morgan fingerprint density at radius 2 is 1.85 bits per heavy atom. The molecule has 2 N–H and O–H groups in total. The minimum absolute atomic E-state index is 0.0450. The van der Waals surface area contributed by atoms with Crippen molar-refractivity contribution >= 4 is 11.9 Å². The summed E-state index contributed by atoms with van der Waals surface area (Å²) >= 11 is 0. The van der Waals surface area contributed by atoms with Crippen LogP contribution in [0.3, 0.4) is 0 Å². The number of carbonyl (C=O) groups excluding carboxylic acids is 1. The molecule has 0 fully saturated rings. The maximum Gasteiger partial charge on any atom is 0.309 e. The molecule has 0 spiro atoms. The van der Waals surface area contributed by atoms with Crippen LogP contribution in [0.2, 0.25) is 0 Å². The number of nitrogens with zero attached hydrogens (tertiary/aromatic N) is 1. The van der Waals surface area contributed by atoms with Crippen molar-refractivity contribution in [2.75, 3.05) is 0 Å². The summed E-state index contributed by atoms with van der Waals surface area (Å²) < 4.78 is 0. The number of carbonyl (C=O) groups is 2. The lowest BCUT2D eigenvalue weighted by Gasteiger charge is -2.25. The monoisotopic (exact) mass is 278 g/mol. The molecule has 0 unspecified atom stereocenters. The second-order valence-corrected chi connectivity index (χ2v) is 5.94. The SMILES string of the molecule is CC(C)[C@@H](NC(=O)CC(C)(C)C(=O)O)c1ccncc1. The zero-order chi connectivity index (χ0) is 15.3. The number of pyridine rings is 1. The Balaban J connectivity index is 2.78. The number of carboxylic acids is 1. The van der Waals surface area contributed by atoms with Crippen LogP contribution in [-0.2, 0) is 9.59 Å². The molecule has 20 heavy (non-hydrogen) atoms. The van der Waals surface area contributed by atoms with Crippen LogP contribution in [-0.4, -0.2) is 22.0 Å². The standard InChI is InChI=1S/C15H22N2O3/c1-10(2)13(11-5-7-16-8-6-11)17-12(18)9-15(3,4)14(19)20/h5-8,10,13H,9H2,1-4H3,(H,17,18)(H,19,20)/t13-/m1/s1. The van der Waals surface area contributed by atoms with Gasteiger partial charge in [-0.25, -0.2) is 0 Å². The third kappa shape index (κ3) is 4.33. The van der Waals surface area contributed by atoms with Crippen molar-refractivity contribution in [3.8, 4) is 0 Å². The van der Waals surface area contributed by atoms with Gasteiger partial charge in [0.25, 0.3) is 0 Å². The van der Waals surface area contributed by atoms with Crippen LogP contribution in [0.4, 0.5) is 0 Å². The molecular formula is C15H22N2O3. The van der Waals surface area contributed by atoms with Gasteiger partial charge in [-0.2, -0.15) is 0 Å². The van der Waals surface area contributed by atoms with Crippen LogP contribution in [0.25, 0.3) is 0 Å². The first-order valence-electron chi connectivity index (χ1n) is 6.66. The molecule has 1 aromatic heterocycles. The maximum atomic E-state index is 12.1. The summed E-state index contributed by atoms with van der Waals surface area (Å²) in [6.45, 7) is 7.11. The second kappa shape index (κ2) is 6.50. The van der Waals surface area contributed by atoms with Gasteiger partial charge in [0.2, 0.25) is 5.91 Å². The highest BCUT2D eigenvalue weighted by atomic mass is 16.4. The molecule has 0 aliphatic carbocycles. The molecule has 0 saturated carbocycles. The fourth-order valence-corrected chi connectivity index (χ4v) is 1.91. The van der Waals surface area contributed by atoms with Gasteiger partial charge in [-0.05, 0) is 37.5 Å². The number of carboxylic acid groups (broad SMARTS) is 1. The van der Waals surface area contributed by atoms with Crippen molar-refractivity contribution in [2.45, 2.75) is 40.2 Å². The van der Waals surface area contributed by atoms with Gasteiger partial charge in [0, 0.05) is 18.8 Å². The zero-order valence-electron chi connectivity index (χ0n) is 12.4. The van der Waals surface area contributed by atoms with Gasteiger partial charge >= 0.3 is 5.97 Å². The van der Waals surface area contributed by atoms with E-state index < -0.39 is 11.4 Å². The van der Waals surface area contributed by atoms with E-state index in [-0.39, 0.29) is 24.3 Å². The summed E-state index contributed by atoms with van der Waals surface area (Å²) in [4.78, 5) is 27.1. The van der Waals surface area contributed by atoms with Gasteiger partial charge in [-0.1, -0.05) is 13.8 Å². The molecule has 5 heteroatoms. The molecule has 1 amide bonds. The first-order valence-corrected chi connectivity index (χ1v) is 6.66. The molecule has 5 nitrogen and oxygen atoms in total. The van der Waals surface area contributed by atoms with E-state index in [0.29, 0.717) is 0 Å². The smallest absolute Gasteiger partial charge is 0.309 e. The Morgan fingerprint density at radius 3 is 2.30 bits per heavy atom. The summed E-state index contributed by atoms with van der Waals surface area (Å²) in [5.41, 5.74) is -0.0967. The van der Waals surface area contributed by atoms with Crippen LogP contribution >= 0.6 is 0 Å². The minimum Gasteiger partial charge on any atom is -0.481 e. The molecule has 1 atom stereocenters. The van der Waals surface area contributed by atoms with Gasteiger partial charge in [0.1, 0.15) is 0 Å². The number of aromatic nitrogens is 1. The predicted molar refractivity (Wildman–Crippen MR) is 76.0 cm³/mol. The maximum absolute atomic E-state index is 12.1. The van der Waals surface area contributed by atoms with E-state index in [1.54, 1.807) is 26.2 Å². The molecule has 0 bridgehead atoms. The lowest BCUT2D eigenvalue weighted by molar-refractivity contribution is -0.149. The summed E-state index contributed by atoms with van der Waals surface area (Å²) in [6.07, 6.45) is 3.31. The number of aliphatic carboxylic acids is 1. The lowest BCUT2D eigenvalue weighted by Crippen LogP contribution is -2.37. The van der Waals surface area contributed by atoms with E-state index in [2.05, 4.69) is 10.3 Å². The van der Waals surface area contributed by atoms with Crippen molar-refractivity contribution < 1.29 is 14.7 Å². The van der Waals surface area contributed by atoms with E-state index in [1.807, 2.05) is 26.0 Å². The average Bonchev–Trinajstić information content (AvgIpc) is 2.36. The van der Waals surface area contributed by atoms with Crippen molar-refractivity contribution in [3.63, 3.8) is 0 Å². The summed E-state index contributed by atoms with van der Waals surface area (Å²) in [5.74, 6) is -1.03. The third-order valence-corrected chi connectivity index (χ3v) is 3.23.